The summed E-state index contributed by atoms with van der Waals surface area (Å²) in [5.74, 6) is -0.616. The van der Waals surface area contributed by atoms with Crippen LogP contribution >= 0.6 is 0 Å². The highest BCUT2D eigenvalue weighted by molar-refractivity contribution is 7.92. The van der Waals surface area contributed by atoms with E-state index in [1.807, 2.05) is 13.0 Å². The fourth-order valence-corrected chi connectivity index (χ4v) is 3.66. The molecule has 2 rings (SSSR count). The molecular formula is C19H21F3N2O3S. The summed E-state index contributed by atoms with van der Waals surface area (Å²) in [6.07, 6.45) is -3.48. The van der Waals surface area contributed by atoms with Crippen LogP contribution in [-0.4, -0.2) is 27.1 Å². The standard InChI is InChI=1S/C19H21F3N2O3S/c1-14-7-5-8-15(13-14)24(28(2,26)27)12-6-11-18(25)23-17-10-4-3-9-16(17)19(20,21)22/h3-5,7-10,13H,6,11-12H2,1-2H3,(H,23,25). The minimum absolute atomic E-state index is 0.0383. The molecule has 2 aromatic carbocycles. The lowest BCUT2D eigenvalue weighted by Crippen LogP contribution is -2.31. The number of halogens is 3. The molecule has 9 heteroatoms. The Labute approximate surface area is 162 Å². The summed E-state index contributed by atoms with van der Waals surface area (Å²) in [6, 6.07) is 11.6. The predicted molar refractivity (Wildman–Crippen MR) is 103 cm³/mol. The first-order chi connectivity index (χ1) is 13.0. The molecule has 0 aliphatic heterocycles. The van der Waals surface area contributed by atoms with Crippen molar-refractivity contribution in [3.63, 3.8) is 0 Å². The van der Waals surface area contributed by atoms with E-state index in [0.717, 1.165) is 17.9 Å². The number of carbonyl (C=O) groups is 1. The molecule has 0 spiro atoms. The molecule has 0 bridgehead atoms. The van der Waals surface area contributed by atoms with E-state index in [4.69, 9.17) is 0 Å². The van der Waals surface area contributed by atoms with Gasteiger partial charge in [-0.25, -0.2) is 8.42 Å². The third-order valence-corrected chi connectivity index (χ3v) is 5.16. The quantitative estimate of drug-likeness (QED) is 0.739. The normalized spacial score (nSPS) is 11.9. The second-order valence-corrected chi connectivity index (χ2v) is 8.28. The van der Waals surface area contributed by atoms with Crippen LogP contribution in [0.25, 0.3) is 0 Å². The van der Waals surface area contributed by atoms with Gasteiger partial charge in [0.05, 0.1) is 23.2 Å². The summed E-state index contributed by atoms with van der Waals surface area (Å²) in [4.78, 5) is 12.1. The zero-order valence-electron chi connectivity index (χ0n) is 15.5. The smallest absolute Gasteiger partial charge is 0.326 e. The van der Waals surface area contributed by atoms with Crippen molar-refractivity contribution in [2.24, 2.45) is 0 Å². The Morgan fingerprint density at radius 1 is 1.11 bits per heavy atom. The molecule has 0 saturated carbocycles. The average molecular weight is 414 g/mol. The summed E-state index contributed by atoms with van der Waals surface area (Å²) >= 11 is 0. The molecule has 28 heavy (non-hydrogen) atoms. The number of nitrogens with zero attached hydrogens (tertiary/aromatic N) is 1. The molecule has 1 amide bonds. The first-order valence-corrected chi connectivity index (χ1v) is 10.3. The maximum Gasteiger partial charge on any atom is 0.418 e. The van der Waals surface area contributed by atoms with Gasteiger partial charge in [-0.15, -0.1) is 0 Å². The van der Waals surface area contributed by atoms with E-state index < -0.39 is 27.7 Å². The second kappa shape index (κ2) is 8.64. The Kier molecular flexibility index (Phi) is 6.71. The highest BCUT2D eigenvalue weighted by Gasteiger charge is 2.33. The first kappa shape index (κ1) is 21.7. The summed E-state index contributed by atoms with van der Waals surface area (Å²) in [5, 5.41) is 2.25. The number of rotatable bonds is 7. The number of carbonyl (C=O) groups excluding carboxylic acids is 1. The number of sulfonamides is 1. The summed E-state index contributed by atoms with van der Waals surface area (Å²) in [6.45, 7) is 1.87. The number of hydrogen-bond donors (Lipinski definition) is 1. The largest absolute Gasteiger partial charge is 0.418 e. The van der Waals surface area contributed by atoms with Crippen LogP contribution in [-0.2, 0) is 21.0 Å². The highest BCUT2D eigenvalue weighted by Crippen LogP contribution is 2.34. The van der Waals surface area contributed by atoms with Crippen molar-refractivity contribution in [3.05, 3.63) is 59.7 Å². The van der Waals surface area contributed by atoms with Gasteiger partial charge in [0.1, 0.15) is 0 Å². The van der Waals surface area contributed by atoms with E-state index >= 15 is 0 Å². The van der Waals surface area contributed by atoms with Crippen molar-refractivity contribution in [1.82, 2.24) is 0 Å². The third kappa shape index (κ3) is 5.98. The van der Waals surface area contributed by atoms with Gasteiger partial charge < -0.3 is 5.32 Å². The van der Waals surface area contributed by atoms with Gasteiger partial charge in [0.15, 0.2) is 0 Å². The number of para-hydroxylation sites is 1. The van der Waals surface area contributed by atoms with Crippen LogP contribution in [0.15, 0.2) is 48.5 Å². The van der Waals surface area contributed by atoms with Crippen LogP contribution in [0, 0.1) is 6.92 Å². The number of anilines is 2. The second-order valence-electron chi connectivity index (χ2n) is 6.37. The summed E-state index contributed by atoms with van der Waals surface area (Å²) in [7, 11) is -3.56. The monoisotopic (exact) mass is 414 g/mol. The van der Waals surface area contributed by atoms with Crippen LogP contribution in [0.1, 0.15) is 24.0 Å². The van der Waals surface area contributed by atoms with Gasteiger partial charge >= 0.3 is 6.18 Å². The third-order valence-electron chi connectivity index (χ3n) is 3.96. The Bertz CT molecular complexity index is 943. The van der Waals surface area contributed by atoms with E-state index in [1.54, 1.807) is 18.2 Å². The molecule has 0 aliphatic carbocycles. The van der Waals surface area contributed by atoms with E-state index in [-0.39, 0.29) is 25.1 Å². The van der Waals surface area contributed by atoms with Crippen molar-refractivity contribution in [2.45, 2.75) is 25.9 Å². The van der Waals surface area contributed by atoms with E-state index in [9.17, 15) is 26.4 Å². The maximum atomic E-state index is 13.0. The molecule has 0 radical (unpaired) electrons. The number of amides is 1. The van der Waals surface area contributed by atoms with Gasteiger partial charge in [-0.2, -0.15) is 13.2 Å². The molecule has 2 aromatic rings. The summed E-state index contributed by atoms with van der Waals surface area (Å²) in [5.41, 5.74) is 0.109. The van der Waals surface area contributed by atoms with Crippen molar-refractivity contribution in [3.8, 4) is 0 Å². The zero-order valence-corrected chi connectivity index (χ0v) is 16.3. The van der Waals surface area contributed by atoms with Crippen LogP contribution in [0.3, 0.4) is 0 Å². The number of alkyl halides is 3. The Balaban J connectivity index is 2.03. The lowest BCUT2D eigenvalue weighted by molar-refractivity contribution is -0.137. The maximum absolute atomic E-state index is 13.0. The topological polar surface area (TPSA) is 66.5 Å². The Morgan fingerprint density at radius 2 is 1.79 bits per heavy atom. The van der Waals surface area contributed by atoms with Crippen LogP contribution in [0.5, 0.6) is 0 Å². The molecule has 0 atom stereocenters. The van der Waals surface area contributed by atoms with Gasteiger partial charge in [-0.3, -0.25) is 9.10 Å². The van der Waals surface area contributed by atoms with Gasteiger partial charge in [0.25, 0.3) is 0 Å². The molecule has 0 saturated heterocycles. The lowest BCUT2D eigenvalue weighted by Gasteiger charge is -2.22. The van der Waals surface area contributed by atoms with E-state index in [2.05, 4.69) is 5.32 Å². The predicted octanol–water partition coefficient (Wildman–Crippen LogP) is 4.20. The van der Waals surface area contributed by atoms with Crippen LogP contribution in [0.4, 0.5) is 24.5 Å². The fraction of sp³-hybridized carbons (Fsp3) is 0.316. The summed E-state index contributed by atoms with van der Waals surface area (Å²) < 4.78 is 64.3. The van der Waals surface area contributed by atoms with E-state index in [1.165, 1.54) is 22.5 Å². The molecule has 0 fully saturated rings. The Hall–Kier alpha value is -2.55. The molecule has 0 heterocycles. The van der Waals surface area contributed by atoms with Crippen molar-refractivity contribution < 1.29 is 26.4 Å². The minimum atomic E-state index is -4.58. The van der Waals surface area contributed by atoms with E-state index in [0.29, 0.717) is 5.69 Å². The number of benzene rings is 2. The SMILES string of the molecule is Cc1cccc(N(CCCC(=O)Nc2ccccc2C(F)(F)F)S(C)(=O)=O)c1. The van der Waals surface area contributed by atoms with Gasteiger partial charge in [-0.1, -0.05) is 24.3 Å². The molecular weight excluding hydrogens is 393 g/mol. The van der Waals surface area contributed by atoms with Crippen LogP contribution in [0.2, 0.25) is 0 Å². The van der Waals surface area contributed by atoms with Gasteiger partial charge in [0.2, 0.25) is 15.9 Å². The van der Waals surface area contributed by atoms with Gasteiger partial charge in [-0.05, 0) is 43.2 Å². The molecule has 1 N–H and O–H groups in total. The number of nitrogens with one attached hydrogen (secondary N) is 1. The van der Waals surface area contributed by atoms with Gasteiger partial charge in [0, 0.05) is 13.0 Å². The molecule has 0 aromatic heterocycles. The van der Waals surface area contributed by atoms with Crippen molar-refractivity contribution in [2.75, 3.05) is 22.4 Å². The molecule has 152 valence electrons. The average Bonchev–Trinajstić information content (AvgIpc) is 2.57. The Morgan fingerprint density at radius 3 is 2.39 bits per heavy atom. The molecule has 0 unspecified atom stereocenters. The van der Waals surface area contributed by atoms with Crippen LogP contribution < -0.4 is 9.62 Å². The highest BCUT2D eigenvalue weighted by atomic mass is 32.2. The fourth-order valence-electron chi connectivity index (χ4n) is 2.70. The number of aryl methyl sites for hydroxylation is 1. The van der Waals surface area contributed by atoms with Crippen molar-refractivity contribution in [1.29, 1.82) is 0 Å². The van der Waals surface area contributed by atoms with Crippen molar-refractivity contribution >= 4 is 27.3 Å². The lowest BCUT2D eigenvalue weighted by atomic mass is 10.1. The minimum Gasteiger partial charge on any atom is -0.326 e. The molecule has 5 nitrogen and oxygen atoms in total. The molecule has 0 aliphatic rings. The number of hydrogen-bond acceptors (Lipinski definition) is 3. The zero-order chi connectivity index (χ0) is 20.9. The first-order valence-electron chi connectivity index (χ1n) is 8.49.